The second-order valence-electron chi connectivity index (χ2n) is 4.56. The topological polar surface area (TPSA) is 75.6 Å². The summed E-state index contributed by atoms with van der Waals surface area (Å²) in [6.07, 6.45) is 0. The lowest BCUT2D eigenvalue weighted by atomic mass is 10.1. The van der Waals surface area contributed by atoms with Gasteiger partial charge >= 0.3 is 5.97 Å². The predicted octanol–water partition coefficient (Wildman–Crippen LogP) is 2.25. The molecule has 0 aromatic heterocycles. The fraction of sp³-hybridized carbons (Fsp3) is 0.125. The normalized spacial score (nSPS) is 10.2. The SMILES string of the molecule is O=C(COC(=O)c1ccccc1CO)Nc1cc(F)ccc1F. The van der Waals surface area contributed by atoms with Crippen molar-refractivity contribution in [3.8, 4) is 0 Å². The van der Waals surface area contributed by atoms with E-state index in [2.05, 4.69) is 5.32 Å². The van der Waals surface area contributed by atoms with Crippen molar-refractivity contribution in [2.45, 2.75) is 6.61 Å². The molecule has 0 saturated heterocycles. The van der Waals surface area contributed by atoms with Crippen molar-refractivity contribution in [2.75, 3.05) is 11.9 Å². The zero-order valence-corrected chi connectivity index (χ0v) is 11.9. The van der Waals surface area contributed by atoms with Gasteiger partial charge in [0.2, 0.25) is 0 Å². The highest BCUT2D eigenvalue weighted by atomic mass is 19.1. The van der Waals surface area contributed by atoms with Crippen molar-refractivity contribution in [2.24, 2.45) is 0 Å². The van der Waals surface area contributed by atoms with Crippen molar-refractivity contribution in [3.63, 3.8) is 0 Å². The maximum atomic E-state index is 13.4. The minimum Gasteiger partial charge on any atom is -0.452 e. The fourth-order valence-electron chi connectivity index (χ4n) is 1.85. The number of aliphatic hydroxyl groups excluding tert-OH is 1. The maximum Gasteiger partial charge on any atom is 0.339 e. The molecular formula is C16H13F2NO4. The molecule has 2 N–H and O–H groups in total. The summed E-state index contributed by atoms with van der Waals surface area (Å²) in [5.74, 6) is -3.14. The monoisotopic (exact) mass is 321 g/mol. The summed E-state index contributed by atoms with van der Waals surface area (Å²) in [5.41, 5.74) is 0.135. The van der Waals surface area contributed by atoms with Gasteiger partial charge in [0.25, 0.3) is 5.91 Å². The Labute approximate surface area is 130 Å². The zero-order valence-electron chi connectivity index (χ0n) is 11.9. The van der Waals surface area contributed by atoms with Gasteiger partial charge in [0.15, 0.2) is 6.61 Å². The number of esters is 1. The van der Waals surface area contributed by atoms with Crippen LogP contribution in [0.1, 0.15) is 15.9 Å². The molecule has 0 atom stereocenters. The average molecular weight is 321 g/mol. The van der Waals surface area contributed by atoms with Gasteiger partial charge in [-0.05, 0) is 23.8 Å². The predicted molar refractivity (Wildman–Crippen MR) is 77.6 cm³/mol. The molecule has 0 fully saturated rings. The Balaban J connectivity index is 1.96. The first kappa shape index (κ1) is 16.6. The number of anilines is 1. The molecule has 2 rings (SSSR count). The Kier molecular flexibility index (Phi) is 5.37. The van der Waals surface area contributed by atoms with Gasteiger partial charge in [-0.1, -0.05) is 18.2 Å². The first-order chi connectivity index (χ1) is 11.0. The van der Waals surface area contributed by atoms with Crippen molar-refractivity contribution in [1.29, 1.82) is 0 Å². The number of halogens is 2. The molecule has 0 radical (unpaired) electrons. The summed E-state index contributed by atoms with van der Waals surface area (Å²) in [7, 11) is 0. The molecule has 7 heteroatoms. The molecule has 0 bridgehead atoms. The molecule has 2 aromatic carbocycles. The zero-order chi connectivity index (χ0) is 16.8. The van der Waals surface area contributed by atoms with Crippen molar-refractivity contribution in [1.82, 2.24) is 0 Å². The van der Waals surface area contributed by atoms with Gasteiger partial charge in [0, 0.05) is 6.07 Å². The van der Waals surface area contributed by atoms with Crippen LogP contribution in [0.3, 0.4) is 0 Å². The van der Waals surface area contributed by atoms with E-state index in [9.17, 15) is 18.4 Å². The number of nitrogens with one attached hydrogen (secondary N) is 1. The minimum absolute atomic E-state index is 0.125. The number of hydrogen-bond acceptors (Lipinski definition) is 4. The first-order valence-electron chi connectivity index (χ1n) is 6.62. The van der Waals surface area contributed by atoms with Gasteiger partial charge in [0.05, 0.1) is 17.9 Å². The summed E-state index contributed by atoms with van der Waals surface area (Å²) >= 11 is 0. The van der Waals surface area contributed by atoms with Gasteiger partial charge < -0.3 is 15.2 Å². The Morgan fingerprint density at radius 2 is 1.87 bits per heavy atom. The Hall–Kier alpha value is -2.80. The Morgan fingerprint density at radius 3 is 2.61 bits per heavy atom. The summed E-state index contributed by atoms with van der Waals surface area (Å²) in [6, 6.07) is 8.80. The highest BCUT2D eigenvalue weighted by molar-refractivity contribution is 5.96. The highest BCUT2D eigenvalue weighted by Crippen LogP contribution is 2.15. The molecule has 0 saturated carbocycles. The Bertz CT molecular complexity index is 734. The van der Waals surface area contributed by atoms with Gasteiger partial charge in [-0.2, -0.15) is 0 Å². The van der Waals surface area contributed by atoms with Crippen LogP contribution in [0.4, 0.5) is 14.5 Å². The van der Waals surface area contributed by atoms with Gasteiger partial charge in [0.1, 0.15) is 11.6 Å². The van der Waals surface area contributed by atoms with Gasteiger partial charge in [-0.25, -0.2) is 13.6 Å². The van der Waals surface area contributed by atoms with E-state index in [1.807, 2.05) is 0 Å². The van der Waals surface area contributed by atoms with Gasteiger partial charge in [-0.15, -0.1) is 0 Å². The summed E-state index contributed by atoms with van der Waals surface area (Å²) in [6.45, 7) is -1.03. The number of carbonyl (C=O) groups is 2. The first-order valence-corrected chi connectivity index (χ1v) is 6.62. The third-order valence-corrected chi connectivity index (χ3v) is 2.94. The Morgan fingerprint density at radius 1 is 1.13 bits per heavy atom. The second-order valence-corrected chi connectivity index (χ2v) is 4.56. The van der Waals surface area contributed by atoms with Crippen LogP contribution >= 0.6 is 0 Å². The van der Waals surface area contributed by atoms with E-state index < -0.39 is 30.1 Å². The number of ether oxygens (including phenoxy) is 1. The fourth-order valence-corrected chi connectivity index (χ4v) is 1.85. The minimum atomic E-state index is -0.815. The van der Waals surface area contributed by atoms with Crippen LogP contribution < -0.4 is 5.32 Å². The molecular weight excluding hydrogens is 308 g/mol. The van der Waals surface area contributed by atoms with Crippen LogP contribution in [0.15, 0.2) is 42.5 Å². The maximum absolute atomic E-state index is 13.4. The van der Waals surface area contributed by atoms with E-state index in [4.69, 9.17) is 9.84 Å². The van der Waals surface area contributed by atoms with E-state index in [1.165, 1.54) is 6.07 Å². The number of rotatable bonds is 5. The van der Waals surface area contributed by atoms with Crippen molar-refractivity contribution in [3.05, 3.63) is 65.2 Å². The lowest BCUT2D eigenvalue weighted by Crippen LogP contribution is -2.22. The summed E-state index contributed by atoms with van der Waals surface area (Å²) in [5, 5.41) is 11.2. The molecule has 0 heterocycles. The lowest BCUT2D eigenvalue weighted by Gasteiger charge is -2.09. The van der Waals surface area contributed by atoms with Crippen LogP contribution in [-0.4, -0.2) is 23.6 Å². The number of benzene rings is 2. The molecule has 0 aliphatic carbocycles. The number of carbonyl (C=O) groups excluding carboxylic acids is 2. The van der Waals surface area contributed by atoms with Crippen LogP contribution in [-0.2, 0) is 16.1 Å². The number of aliphatic hydroxyl groups is 1. The largest absolute Gasteiger partial charge is 0.452 e. The number of amides is 1. The molecule has 120 valence electrons. The molecule has 5 nitrogen and oxygen atoms in total. The second kappa shape index (κ2) is 7.46. The lowest BCUT2D eigenvalue weighted by molar-refractivity contribution is -0.119. The van der Waals surface area contributed by atoms with Crippen LogP contribution in [0, 0.1) is 11.6 Å². The van der Waals surface area contributed by atoms with Gasteiger partial charge in [-0.3, -0.25) is 4.79 Å². The molecule has 1 amide bonds. The highest BCUT2D eigenvalue weighted by Gasteiger charge is 2.14. The van der Waals surface area contributed by atoms with E-state index in [0.717, 1.165) is 18.2 Å². The van der Waals surface area contributed by atoms with E-state index in [-0.39, 0.29) is 17.9 Å². The molecule has 23 heavy (non-hydrogen) atoms. The molecule has 0 spiro atoms. The molecule has 0 aliphatic heterocycles. The van der Waals surface area contributed by atoms with Crippen LogP contribution in [0.25, 0.3) is 0 Å². The molecule has 2 aromatic rings. The number of hydrogen-bond donors (Lipinski definition) is 2. The van der Waals surface area contributed by atoms with E-state index in [1.54, 1.807) is 18.2 Å². The standard InChI is InChI=1S/C16H13F2NO4/c17-11-5-6-13(18)14(7-11)19-15(21)9-23-16(22)12-4-2-1-3-10(12)8-20/h1-7,20H,8-9H2,(H,19,21). The third kappa shape index (κ3) is 4.33. The van der Waals surface area contributed by atoms with Crippen LogP contribution in [0.2, 0.25) is 0 Å². The smallest absolute Gasteiger partial charge is 0.339 e. The summed E-state index contributed by atoms with van der Waals surface area (Å²) < 4.78 is 31.2. The van der Waals surface area contributed by atoms with Crippen LogP contribution in [0.5, 0.6) is 0 Å². The molecule has 0 unspecified atom stereocenters. The van der Waals surface area contributed by atoms with E-state index >= 15 is 0 Å². The average Bonchev–Trinajstić information content (AvgIpc) is 2.56. The third-order valence-electron chi connectivity index (χ3n) is 2.94. The molecule has 0 aliphatic rings. The van der Waals surface area contributed by atoms with Crippen molar-refractivity contribution < 1.29 is 28.2 Å². The quantitative estimate of drug-likeness (QED) is 0.828. The summed E-state index contributed by atoms with van der Waals surface area (Å²) in [4.78, 5) is 23.5. The van der Waals surface area contributed by atoms with Crippen molar-refractivity contribution >= 4 is 17.6 Å². The van der Waals surface area contributed by atoms with E-state index in [0.29, 0.717) is 5.56 Å².